The molecule has 1 N–H and O–H groups in total. The topological polar surface area (TPSA) is 72.2 Å². The van der Waals surface area contributed by atoms with Gasteiger partial charge in [0.25, 0.3) is 5.69 Å². The Kier molecular flexibility index (Phi) is 3.77. The molecule has 0 spiro atoms. The molecule has 0 aliphatic carbocycles. The van der Waals surface area contributed by atoms with Crippen molar-refractivity contribution in [3.8, 4) is 0 Å². The van der Waals surface area contributed by atoms with Crippen LogP contribution in [0, 0.1) is 10.1 Å². The van der Waals surface area contributed by atoms with Crippen LogP contribution in [0.4, 0.5) is 11.4 Å². The van der Waals surface area contributed by atoms with Crippen molar-refractivity contribution >= 4 is 17.2 Å². The number of ketones is 1. The molecule has 4 rings (SSSR count). The number of hydrogen-bond acceptors (Lipinski definition) is 4. The van der Waals surface area contributed by atoms with Crippen molar-refractivity contribution in [1.29, 1.82) is 0 Å². The van der Waals surface area contributed by atoms with Gasteiger partial charge in [-0.1, -0.05) is 54.6 Å². The first-order valence-corrected chi connectivity index (χ1v) is 8.31. The molecule has 0 saturated carbocycles. The van der Waals surface area contributed by atoms with Crippen molar-refractivity contribution in [3.05, 3.63) is 106 Å². The van der Waals surface area contributed by atoms with Crippen LogP contribution >= 0.6 is 0 Å². The second kappa shape index (κ2) is 6.11. The van der Waals surface area contributed by atoms with Gasteiger partial charge < -0.3 is 5.32 Å². The highest BCUT2D eigenvalue weighted by atomic mass is 16.6. The number of non-ortho nitro benzene ring substituents is 1. The van der Waals surface area contributed by atoms with Crippen LogP contribution in [0.5, 0.6) is 0 Å². The smallest absolute Gasteiger partial charge is 0.269 e. The molecular weight excluding hydrogens is 328 g/mol. The van der Waals surface area contributed by atoms with E-state index in [4.69, 9.17) is 0 Å². The van der Waals surface area contributed by atoms with E-state index in [-0.39, 0.29) is 11.5 Å². The van der Waals surface area contributed by atoms with Crippen molar-refractivity contribution < 1.29 is 9.72 Å². The zero-order valence-corrected chi connectivity index (χ0v) is 13.9. The van der Waals surface area contributed by atoms with Crippen LogP contribution < -0.4 is 5.32 Å². The van der Waals surface area contributed by atoms with Crippen molar-refractivity contribution in [3.63, 3.8) is 0 Å². The minimum Gasteiger partial charge on any atom is -0.368 e. The number of benzene rings is 3. The third kappa shape index (κ3) is 2.54. The molecule has 26 heavy (non-hydrogen) atoms. The Bertz CT molecular complexity index is 984. The molecule has 0 amide bonds. The summed E-state index contributed by atoms with van der Waals surface area (Å²) >= 11 is 0. The predicted octanol–water partition coefficient (Wildman–Crippen LogP) is 4.34. The number of nitrogens with zero attached hydrogens (tertiary/aromatic N) is 1. The average Bonchev–Trinajstić information content (AvgIpc) is 2.96. The molecule has 1 heterocycles. The van der Waals surface area contributed by atoms with Crippen LogP contribution in [0.3, 0.4) is 0 Å². The minimum atomic E-state index is -0.916. The molecule has 5 heteroatoms. The molecule has 1 aliphatic rings. The van der Waals surface area contributed by atoms with Gasteiger partial charge in [-0.25, -0.2) is 0 Å². The maximum Gasteiger partial charge on any atom is 0.269 e. The van der Waals surface area contributed by atoms with Gasteiger partial charge in [0, 0.05) is 29.8 Å². The lowest BCUT2D eigenvalue weighted by Gasteiger charge is -2.29. The monoisotopic (exact) mass is 344 g/mol. The molecule has 3 aromatic rings. The molecule has 5 nitrogen and oxygen atoms in total. The van der Waals surface area contributed by atoms with Gasteiger partial charge in [-0.05, 0) is 23.3 Å². The number of nitro benzene ring substituents is 1. The van der Waals surface area contributed by atoms with Gasteiger partial charge in [0.2, 0.25) is 0 Å². The van der Waals surface area contributed by atoms with E-state index in [1.807, 2.05) is 54.6 Å². The largest absolute Gasteiger partial charge is 0.368 e. The Balaban J connectivity index is 1.78. The van der Waals surface area contributed by atoms with E-state index in [2.05, 4.69) is 5.32 Å². The molecule has 128 valence electrons. The summed E-state index contributed by atoms with van der Waals surface area (Å²) < 4.78 is 0. The summed E-state index contributed by atoms with van der Waals surface area (Å²) in [7, 11) is 0. The first-order chi connectivity index (χ1) is 12.6. The summed E-state index contributed by atoms with van der Waals surface area (Å²) in [6.45, 7) is 0. The van der Waals surface area contributed by atoms with E-state index in [1.54, 1.807) is 12.1 Å². The number of anilines is 1. The first-order valence-electron chi connectivity index (χ1n) is 8.31. The molecule has 0 bridgehead atoms. The van der Waals surface area contributed by atoms with Gasteiger partial charge in [0.05, 0.1) is 4.92 Å². The third-order valence-electron chi connectivity index (χ3n) is 4.79. The fraction of sp³-hybridized carbons (Fsp3) is 0.0952. The number of nitrogens with one attached hydrogen (secondary N) is 1. The number of hydrogen-bond donors (Lipinski definition) is 1. The van der Waals surface area contributed by atoms with E-state index < -0.39 is 10.5 Å². The Morgan fingerprint density at radius 3 is 2.19 bits per heavy atom. The molecule has 3 aromatic carbocycles. The molecule has 0 fully saturated rings. The lowest BCUT2D eigenvalue weighted by atomic mass is 9.80. The maximum absolute atomic E-state index is 13.3. The number of Topliss-reactive ketones (excluding diaryl/α,β-unsaturated/α-hetero) is 1. The number of carbonyl (C=O) groups is 1. The lowest BCUT2D eigenvalue weighted by Crippen LogP contribution is -2.40. The molecule has 0 saturated heterocycles. The van der Waals surface area contributed by atoms with Gasteiger partial charge >= 0.3 is 0 Å². The van der Waals surface area contributed by atoms with Crippen molar-refractivity contribution in [2.45, 2.75) is 12.0 Å². The van der Waals surface area contributed by atoms with Crippen LogP contribution in [0.25, 0.3) is 0 Å². The van der Waals surface area contributed by atoms with Crippen LogP contribution in [-0.2, 0) is 12.0 Å². The molecule has 0 radical (unpaired) electrons. The summed E-state index contributed by atoms with van der Waals surface area (Å²) in [5.74, 6) is 0.0117. The van der Waals surface area contributed by atoms with Crippen LogP contribution in [0.1, 0.15) is 21.5 Å². The summed E-state index contributed by atoms with van der Waals surface area (Å²) in [5, 5.41) is 14.3. The SMILES string of the molecule is O=C1c2ccccc2NC1(Cc1ccc([N+](=O)[O-])cc1)c1ccccc1. The molecular formula is C21H16N2O3. The zero-order valence-electron chi connectivity index (χ0n) is 13.9. The van der Waals surface area contributed by atoms with Gasteiger partial charge in [0.15, 0.2) is 5.78 Å². The summed E-state index contributed by atoms with van der Waals surface area (Å²) in [6, 6.07) is 23.4. The van der Waals surface area contributed by atoms with Crippen molar-refractivity contribution in [2.24, 2.45) is 0 Å². The highest BCUT2D eigenvalue weighted by Gasteiger charge is 2.46. The highest BCUT2D eigenvalue weighted by Crippen LogP contribution is 2.41. The van der Waals surface area contributed by atoms with Crippen LogP contribution in [0.15, 0.2) is 78.9 Å². The van der Waals surface area contributed by atoms with Crippen molar-refractivity contribution in [1.82, 2.24) is 0 Å². The van der Waals surface area contributed by atoms with E-state index in [1.165, 1.54) is 12.1 Å². The zero-order chi connectivity index (χ0) is 18.1. The Morgan fingerprint density at radius 2 is 1.54 bits per heavy atom. The average molecular weight is 344 g/mol. The van der Waals surface area contributed by atoms with Crippen LogP contribution in [0.2, 0.25) is 0 Å². The van der Waals surface area contributed by atoms with Gasteiger partial charge in [-0.2, -0.15) is 0 Å². The number of nitro groups is 1. The summed E-state index contributed by atoms with van der Waals surface area (Å²) in [6.07, 6.45) is 0.405. The second-order valence-electron chi connectivity index (χ2n) is 6.37. The summed E-state index contributed by atoms with van der Waals surface area (Å²) in [5.41, 5.74) is 2.33. The number of fused-ring (bicyclic) bond motifs is 1. The molecule has 1 aliphatic heterocycles. The van der Waals surface area contributed by atoms with Gasteiger partial charge in [0.1, 0.15) is 5.54 Å². The van der Waals surface area contributed by atoms with Crippen molar-refractivity contribution in [2.75, 3.05) is 5.32 Å². The third-order valence-corrected chi connectivity index (χ3v) is 4.79. The van der Waals surface area contributed by atoms with Crippen LogP contribution in [-0.4, -0.2) is 10.7 Å². The quantitative estimate of drug-likeness (QED) is 0.564. The standard InChI is InChI=1S/C21H16N2O3/c24-20-18-8-4-5-9-19(18)22-21(20,16-6-2-1-3-7-16)14-15-10-12-17(13-11-15)23(25)26/h1-13,22H,14H2. The second-order valence-corrected chi connectivity index (χ2v) is 6.37. The van der Waals surface area contributed by atoms with E-state index in [0.717, 1.165) is 16.8 Å². The molecule has 0 aromatic heterocycles. The number of para-hydroxylation sites is 1. The lowest BCUT2D eigenvalue weighted by molar-refractivity contribution is -0.384. The minimum absolute atomic E-state index is 0.0117. The molecule has 1 unspecified atom stereocenters. The predicted molar refractivity (Wildman–Crippen MR) is 99.3 cm³/mol. The molecule has 1 atom stereocenters. The van der Waals surface area contributed by atoms with E-state index >= 15 is 0 Å². The Labute approximate surface area is 150 Å². The highest BCUT2D eigenvalue weighted by molar-refractivity contribution is 6.13. The fourth-order valence-corrected chi connectivity index (χ4v) is 3.50. The number of rotatable bonds is 4. The normalized spacial score (nSPS) is 18.2. The van der Waals surface area contributed by atoms with E-state index in [9.17, 15) is 14.9 Å². The number of carbonyl (C=O) groups excluding carboxylic acids is 1. The Morgan fingerprint density at radius 1 is 0.885 bits per heavy atom. The summed E-state index contributed by atoms with van der Waals surface area (Å²) in [4.78, 5) is 23.8. The Hall–Kier alpha value is -3.47. The van der Waals surface area contributed by atoms with Gasteiger partial charge in [-0.3, -0.25) is 14.9 Å². The first kappa shape index (κ1) is 16.0. The van der Waals surface area contributed by atoms with E-state index in [0.29, 0.717) is 12.0 Å². The maximum atomic E-state index is 13.3. The van der Waals surface area contributed by atoms with Gasteiger partial charge in [-0.15, -0.1) is 0 Å². The fourth-order valence-electron chi connectivity index (χ4n) is 3.50.